The van der Waals surface area contributed by atoms with E-state index in [0.29, 0.717) is 12.8 Å². The Hall–Kier alpha value is -1.84. The summed E-state index contributed by atoms with van der Waals surface area (Å²) in [4.78, 5) is 25.6. The van der Waals surface area contributed by atoms with E-state index in [-0.39, 0.29) is 23.6 Å². The highest BCUT2D eigenvalue weighted by molar-refractivity contribution is 5.93. The second kappa shape index (κ2) is 6.47. The molecule has 1 fully saturated rings. The Balaban J connectivity index is 2.07. The molecule has 0 radical (unpaired) electrons. The molecule has 1 heterocycles. The van der Waals surface area contributed by atoms with E-state index in [9.17, 15) is 9.59 Å². The van der Waals surface area contributed by atoms with Crippen molar-refractivity contribution >= 4 is 11.8 Å². The summed E-state index contributed by atoms with van der Waals surface area (Å²) in [5.74, 6) is 0.386. The Bertz CT molecular complexity index is 687. The standard InChI is InChI=1S/C21H28O4/c1-14-11-17(22)12-20(3)18(14)6-5-15(2)21(20,19(23)24-4)9-7-16-8-10-25-13-16/h8,10-11,13,15,18H,5-7,9,12H2,1-4H3. The molecule has 1 aromatic heterocycles. The molecule has 0 N–H and O–H groups in total. The Kier molecular flexibility index (Phi) is 4.65. The van der Waals surface area contributed by atoms with Gasteiger partial charge in [-0.15, -0.1) is 0 Å². The smallest absolute Gasteiger partial charge is 0.312 e. The van der Waals surface area contributed by atoms with Crippen molar-refractivity contribution in [1.82, 2.24) is 0 Å². The number of ether oxygens (including phenoxy) is 1. The van der Waals surface area contributed by atoms with Crippen molar-refractivity contribution in [2.24, 2.45) is 22.7 Å². The van der Waals surface area contributed by atoms with Crippen LogP contribution in [-0.4, -0.2) is 18.9 Å². The summed E-state index contributed by atoms with van der Waals surface area (Å²) >= 11 is 0. The van der Waals surface area contributed by atoms with Crippen LogP contribution in [0.1, 0.15) is 52.0 Å². The maximum atomic E-state index is 13.2. The lowest BCUT2D eigenvalue weighted by molar-refractivity contribution is -0.181. The van der Waals surface area contributed by atoms with Gasteiger partial charge in [-0.1, -0.05) is 19.4 Å². The van der Waals surface area contributed by atoms with Crippen LogP contribution in [0.15, 0.2) is 34.7 Å². The molecule has 1 aromatic rings. The lowest BCUT2D eigenvalue weighted by Gasteiger charge is -2.58. The Morgan fingerprint density at radius 3 is 2.80 bits per heavy atom. The largest absolute Gasteiger partial charge is 0.472 e. The summed E-state index contributed by atoms with van der Waals surface area (Å²) in [6.45, 7) is 6.31. The second-order valence-electron chi connectivity index (χ2n) is 8.07. The monoisotopic (exact) mass is 344 g/mol. The fourth-order valence-corrected chi connectivity index (χ4v) is 5.66. The number of carbonyl (C=O) groups excluding carboxylic acids is 2. The third kappa shape index (κ3) is 2.66. The Labute approximate surface area is 149 Å². The van der Waals surface area contributed by atoms with Crippen molar-refractivity contribution in [2.45, 2.75) is 52.9 Å². The summed E-state index contributed by atoms with van der Waals surface area (Å²) in [6, 6.07) is 1.94. The van der Waals surface area contributed by atoms with Crippen LogP contribution in [0.3, 0.4) is 0 Å². The number of methoxy groups -OCH3 is 1. The van der Waals surface area contributed by atoms with Crippen LogP contribution in [-0.2, 0) is 20.7 Å². The van der Waals surface area contributed by atoms with Crippen molar-refractivity contribution in [3.05, 3.63) is 35.8 Å². The van der Waals surface area contributed by atoms with Crippen LogP contribution in [0.4, 0.5) is 0 Å². The first-order valence-corrected chi connectivity index (χ1v) is 9.15. The van der Waals surface area contributed by atoms with Crippen LogP contribution >= 0.6 is 0 Å². The normalized spacial score (nSPS) is 35.0. The van der Waals surface area contributed by atoms with E-state index >= 15 is 0 Å². The zero-order valence-electron chi connectivity index (χ0n) is 15.6. The van der Waals surface area contributed by atoms with Crippen LogP contribution < -0.4 is 0 Å². The van der Waals surface area contributed by atoms with Gasteiger partial charge in [0.2, 0.25) is 0 Å². The SMILES string of the molecule is COC(=O)C1(CCc2ccoc2)C(C)CCC2C(C)=CC(=O)CC21C. The fourth-order valence-electron chi connectivity index (χ4n) is 5.66. The molecule has 0 aliphatic heterocycles. The first-order valence-electron chi connectivity index (χ1n) is 9.15. The Morgan fingerprint density at radius 1 is 1.40 bits per heavy atom. The van der Waals surface area contributed by atoms with Gasteiger partial charge in [0.1, 0.15) is 0 Å². The molecule has 25 heavy (non-hydrogen) atoms. The van der Waals surface area contributed by atoms with Gasteiger partial charge < -0.3 is 9.15 Å². The first-order chi connectivity index (χ1) is 11.8. The number of carbonyl (C=O) groups is 2. The van der Waals surface area contributed by atoms with Gasteiger partial charge in [0, 0.05) is 6.42 Å². The number of furan rings is 1. The molecule has 4 nitrogen and oxygen atoms in total. The van der Waals surface area contributed by atoms with E-state index in [2.05, 4.69) is 13.8 Å². The van der Waals surface area contributed by atoms with Crippen LogP contribution in [0.25, 0.3) is 0 Å². The second-order valence-corrected chi connectivity index (χ2v) is 8.07. The summed E-state index contributed by atoms with van der Waals surface area (Å²) < 4.78 is 10.5. The third-order valence-corrected chi connectivity index (χ3v) is 6.94. The highest BCUT2D eigenvalue weighted by atomic mass is 16.5. The maximum absolute atomic E-state index is 13.2. The van der Waals surface area contributed by atoms with E-state index in [1.54, 1.807) is 18.6 Å². The van der Waals surface area contributed by atoms with Gasteiger partial charge >= 0.3 is 5.97 Å². The van der Waals surface area contributed by atoms with Crippen LogP contribution in [0.5, 0.6) is 0 Å². The molecular formula is C21H28O4. The van der Waals surface area contributed by atoms with Crippen molar-refractivity contribution < 1.29 is 18.7 Å². The first kappa shape index (κ1) is 18.0. The van der Waals surface area contributed by atoms with Crippen molar-refractivity contribution in [1.29, 1.82) is 0 Å². The lowest BCUT2D eigenvalue weighted by atomic mass is 9.44. The number of hydrogen-bond donors (Lipinski definition) is 0. The predicted octanol–water partition coefficient (Wildman–Crippen LogP) is 4.34. The zero-order chi connectivity index (χ0) is 18.2. The molecule has 2 aliphatic rings. The average molecular weight is 344 g/mol. The van der Waals surface area contributed by atoms with Gasteiger partial charge in [-0.25, -0.2) is 0 Å². The van der Waals surface area contributed by atoms with E-state index in [1.807, 2.05) is 13.0 Å². The van der Waals surface area contributed by atoms with Crippen molar-refractivity contribution in [2.75, 3.05) is 7.11 Å². The number of rotatable bonds is 4. The molecule has 0 spiro atoms. The lowest BCUT2D eigenvalue weighted by Crippen LogP contribution is -2.59. The highest BCUT2D eigenvalue weighted by Crippen LogP contribution is 2.63. The minimum Gasteiger partial charge on any atom is -0.472 e. The van der Waals surface area contributed by atoms with Gasteiger partial charge in [-0.05, 0) is 67.6 Å². The minimum absolute atomic E-state index is 0.127. The summed E-state index contributed by atoms with van der Waals surface area (Å²) in [5, 5.41) is 0. The van der Waals surface area contributed by atoms with Gasteiger partial charge in [0.25, 0.3) is 0 Å². The van der Waals surface area contributed by atoms with Crippen molar-refractivity contribution in [3.63, 3.8) is 0 Å². The van der Waals surface area contributed by atoms with E-state index < -0.39 is 10.8 Å². The molecule has 0 saturated heterocycles. The number of hydrogen-bond acceptors (Lipinski definition) is 4. The molecule has 0 amide bonds. The summed E-state index contributed by atoms with van der Waals surface area (Å²) in [7, 11) is 1.47. The number of esters is 1. The number of ketones is 1. The van der Waals surface area contributed by atoms with E-state index in [0.717, 1.165) is 30.4 Å². The molecule has 136 valence electrons. The summed E-state index contributed by atoms with van der Waals surface area (Å²) in [6.07, 6.45) is 9.00. The van der Waals surface area contributed by atoms with E-state index in [4.69, 9.17) is 9.15 Å². The molecule has 3 rings (SSSR count). The van der Waals surface area contributed by atoms with Crippen LogP contribution in [0, 0.1) is 22.7 Å². The van der Waals surface area contributed by atoms with Gasteiger partial charge in [0.05, 0.1) is 25.1 Å². The average Bonchev–Trinajstić information content (AvgIpc) is 3.06. The third-order valence-electron chi connectivity index (χ3n) is 6.94. The Morgan fingerprint density at radius 2 is 2.16 bits per heavy atom. The zero-order valence-corrected chi connectivity index (χ0v) is 15.6. The number of fused-ring (bicyclic) bond motifs is 1. The van der Waals surface area contributed by atoms with E-state index in [1.165, 1.54) is 7.11 Å². The molecule has 2 aliphatic carbocycles. The van der Waals surface area contributed by atoms with Gasteiger partial charge in [-0.2, -0.15) is 0 Å². The fraction of sp³-hybridized carbons (Fsp3) is 0.619. The van der Waals surface area contributed by atoms with Crippen LogP contribution in [0.2, 0.25) is 0 Å². The number of aryl methyl sites for hydroxylation is 1. The maximum Gasteiger partial charge on any atom is 0.312 e. The molecule has 1 saturated carbocycles. The highest BCUT2D eigenvalue weighted by Gasteiger charge is 2.63. The molecule has 0 bridgehead atoms. The van der Waals surface area contributed by atoms with Gasteiger partial charge in [-0.3, -0.25) is 9.59 Å². The quantitative estimate of drug-likeness (QED) is 0.762. The van der Waals surface area contributed by atoms with Gasteiger partial charge in [0.15, 0.2) is 5.78 Å². The molecular weight excluding hydrogens is 316 g/mol. The summed E-state index contributed by atoms with van der Waals surface area (Å²) in [5.41, 5.74) is 1.13. The molecule has 4 atom stereocenters. The minimum atomic E-state index is -0.660. The topological polar surface area (TPSA) is 56.5 Å². The molecule has 4 unspecified atom stereocenters. The molecule has 0 aromatic carbocycles. The molecule has 4 heteroatoms. The predicted molar refractivity (Wildman–Crippen MR) is 94.9 cm³/mol. The number of allylic oxidation sites excluding steroid dienone is 2. The van der Waals surface area contributed by atoms with Crippen molar-refractivity contribution in [3.8, 4) is 0 Å².